The van der Waals surface area contributed by atoms with E-state index in [-0.39, 0.29) is 25.0 Å². The number of hydrogen-bond acceptors (Lipinski definition) is 4. The van der Waals surface area contributed by atoms with Crippen LogP contribution in [0.3, 0.4) is 0 Å². The lowest BCUT2D eigenvalue weighted by Crippen LogP contribution is -2.37. The van der Waals surface area contributed by atoms with Gasteiger partial charge >= 0.3 is 5.97 Å². The molecular formula is C20H24N2O3. The Morgan fingerprint density at radius 2 is 1.72 bits per heavy atom. The highest BCUT2D eigenvalue weighted by atomic mass is 16.5. The molecule has 0 unspecified atom stereocenters. The Morgan fingerprint density at radius 3 is 2.40 bits per heavy atom. The molecule has 0 aromatic heterocycles. The Bertz CT molecular complexity index is 729. The number of amides is 1. The second-order valence-electron chi connectivity index (χ2n) is 6.00. The van der Waals surface area contributed by atoms with Gasteiger partial charge in [-0.2, -0.15) is 0 Å². The largest absolute Gasteiger partial charge is 0.468 e. The van der Waals surface area contributed by atoms with Crippen LogP contribution in [0.4, 0.5) is 5.69 Å². The predicted molar refractivity (Wildman–Crippen MR) is 98.3 cm³/mol. The van der Waals surface area contributed by atoms with Crippen molar-refractivity contribution in [3.63, 3.8) is 0 Å². The minimum absolute atomic E-state index is 0.0611. The van der Waals surface area contributed by atoms with Gasteiger partial charge in [-0.3, -0.25) is 14.5 Å². The maximum Gasteiger partial charge on any atom is 0.319 e. The number of carbonyl (C=O) groups is 2. The van der Waals surface area contributed by atoms with E-state index in [1.807, 2.05) is 62.4 Å². The lowest BCUT2D eigenvalue weighted by Gasteiger charge is -2.21. The van der Waals surface area contributed by atoms with Gasteiger partial charge in [0.1, 0.15) is 0 Å². The molecule has 2 aromatic rings. The van der Waals surface area contributed by atoms with Gasteiger partial charge in [0, 0.05) is 12.2 Å². The lowest BCUT2D eigenvalue weighted by atomic mass is 10.1. The third-order valence-corrected chi connectivity index (χ3v) is 4.08. The van der Waals surface area contributed by atoms with Crippen molar-refractivity contribution in [3.8, 4) is 0 Å². The highest BCUT2D eigenvalue weighted by molar-refractivity contribution is 5.93. The Morgan fingerprint density at radius 1 is 1.00 bits per heavy atom. The molecule has 0 aliphatic carbocycles. The Hall–Kier alpha value is -2.66. The minimum atomic E-state index is -0.365. The molecule has 1 N–H and O–H groups in total. The predicted octanol–water partition coefficient (Wildman–Crippen LogP) is 2.92. The summed E-state index contributed by atoms with van der Waals surface area (Å²) in [7, 11) is 1.35. The van der Waals surface area contributed by atoms with E-state index in [1.54, 1.807) is 4.90 Å². The topological polar surface area (TPSA) is 58.6 Å². The number of methoxy groups -OCH3 is 1. The molecule has 0 radical (unpaired) electrons. The van der Waals surface area contributed by atoms with Crippen LogP contribution in [-0.2, 0) is 20.9 Å². The van der Waals surface area contributed by atoms with Gasteiger partial charge in [-0.15, -0.1) is 0 Å². The van der Waals surface area contributed by atoms with E-state index >= 15 is 0 Å². The highest BCUT2D eigenvalue weighted by Gasteiger charge is 2.16. The number of hydrogen-bond donors (Lipinski definition) is 1. The number of carbonyl (C=O) groups excluding carboxylic acids is 2. The molecule has 5 heteroatoms. The summed E-state index contributed by atoms with van der Waals surface area (Å²) in [6, 6.07) is 15.5. The standard InChI is InChI=1S/C20H24N2O3/c1-15-8-7-11-18(16(15)2)21-19(23)13-22(14-20(24)25-3)12-17-9-5-4-6-10-17/h4-11H,12-14H2,1-3H3,(H,21,23). The fourth-order valence-corrected chi connectivity index (χ4v) is 2.54. The molecule has 0 saturated heterocycles. The summed E-state index contributed by atoms with van der Waals surface area (Å²) < 4.78 is 4.74. The van der Waals surface area contributed by atoms with Crippen molar-refractivity contribution in [1.82, 2.24) is 4.90 Å². The van der Waals surface area contributed by atoms with Crippen LogP contribution in [0, 0.1) is 13.8 Å². The van der Waals surface area contributed by atoms with Crippen LogP contribution < -0.4 is 5.32 Å². The fourth-order valence-electron chi connectivity index (χ4n) is 2.54. The first kappa shape index (κ1) is 18.7. The molecule has 0 aliphatic rings. The van der Waals surface area contributed by atoms with Crippen LogP contribution >= 0.6 is 0 Å². The van der Waals surface area contributed by atoms with Crippen molar-refractivity contribution in [2.24, 2.45) is 0 Å². The second kappa shape index (κ2) is 8.99. The van der Waals surface area contributed by atoms with E-state index in [0.29, 0.717) is 6.54 Å². The van der Waals surface area contributed by atoms with Gasteiger partial charge in [-0.05, 0) is 36.6 Å². The van der Waals surface area contributed by atoms with Gasteiger partial charge in [-0.1, -0.05) is 42.5 Å². The molecule has 1 amide bonds. The zero-order valence-corrected chi connectivity index (χ0v) is 14.9. The van der Waals surface area contributed by atoms with Crippen LogP contribution in [0.5, 0.6) is 0 Å². The average molecular weight is 340 g/mol. The van der Waals surface area contributed by atoms with E-state index in [2.05, 4.69) is 5.32 Å². The molecule has 132 valence electrons. The Labute approximate surface area is 148 Å². The molecule has 2 aromatic carbocycles. The third-order valence-electron chi connectivity index (χ3n) is 4.08. The normalized spacial score (nSPS) is 10.6. The number of anilines is 1. The Kier molecular flexibility index (Phi) is 6.71. The maximum atomic E-state index is 12.4. The molecule has 0 spiro atoms. The molecule has 5 nitrogen and oxygen atoms in total. The molecule has 0 aliphatic heterocycles. The van der Waals surface area contributed by atoms with Crippen molar-refractivity contribution in [3.05, 3.63) is 65.2 Å². The average Bonchev–Trinajstić information content (AvgIpc) is 2.59. The fraction of sp³-hybridized carbons (Fsp3) is 0.300. The van der Waals surface area contributed by atoms with Gasteiger partial charge in [-0.25, -0.2) is 0 Å². The quantitative estimate of drug-likeness (QED) is 0.788. The van der Waals surface area contributed by atoms with E-state index in [0.717, 1.165) is 22.4 Å². The van der Waals surface area contributed by atoms with E-state index in [1.165, 1.54) is 7.11 Å². The molecule has 0 saturated carbocycles. The van der Waals surface area contributed by atoms with Gasteiger partial charge < -0.3 is 10.1 Å². The third kappa shape index (κ3) is 5.72. The van der Waals surface area contributed by atoms with E-state index < -0.39 is 0 Å². The molecule has 0 heterocycles. The van der Waals surface area contributed by atoms with Gasteiger partial charge in [0.25, 0.3) is 0 Å². The minimum Gasteiger partial charge on any atom is -0.468 e. The number of benzene rings is 2. The molecular weight excluding hydrogens is 316 g/mol. The first-order valence-corrected chi connectivity index (χ1v) is 8.18. The summed E-state index contributed by atoms with van der Waals surface area (Å²) in [6.45, 7) is 4.64. The van der Waals surface area contributed by atoms with Crippen molar-refractivity contribution in [2.45, 2.75) is 20.4 Å². The number of nitrogens with zero attached hydrogens (tertiary/aromatic N) is 1. The van der Waals surface area contributed by atoms with E-state index in [9.17, 15) is 9.59 Å². The maximum absolute atomic E-state index is 12.4. The molecule has 25 heavy (non-hydrogen) atoms. The number of esters is 1. The summed E-state index contributed by atoms with van der Waals surface area (Å²) in [5.41, 5.74) is 3.99. The van der Waals surface area contributed by atoms with Crippen LogP contribution in [0.2, 0.25) is 0 Å². The molecule has 0 fully saturated rings. The van der Waals surface area contributed by atoms with Gasteiger partial charge in [0.2, 0.25) is 5.91 Å². The van der Waals surface area contributed by atoms with Crippen molar-refractivity contribution >= 4 is 17.6 Å². The van der Waals surface area contributed by atoms with Crippen LogP contribution in [0.25, 0.3) is 0 Å². The first-order valence-electron chi connectivity index (χ1n) is 8.18. The Balaban J connectivity index is 2.05. The zero-order valence-electron chi connectivity index (χ0n) is 14.9. The van der Waals surface area contributed by atoms with Crippen LogP contribution in [0.15, 0.2) is 48.5 Å². The lowest BCUT2D eigenvalue weighted by molar-refractivity contribution is -0.142. The molecule has 0 atom stereocenters. The first-order chi connectivity index (χ1) is 12.0. The number of rotatable bonds is 7. The van der Waals surface area contributed by atoms with Crippen molar-refractivity contribution in [2.75, 3.05) is 25.5 Å². The van der Waals surface area contributed by atoms with Crippen LogP contribution in [0.1, 0.15) is 16.7 Å². The monoisotopic (exact) mass is 340 g/mol. The summed E-state index contributed by atoms with van der Waals surface area (Å²) in [5, 5.41) is 2.93. The smallest absolute Gasteiger partial charge is 0.319 e. The summed E-state index contributed by atoms with van der Waals surface area (Å²) in [5.74, 6) is -0.524. The van der Waals surface area contributed by atoms with Crippen molar-refractivity contribution in [1.29, 1.82) is 0 Å². The summed E-state index contributed by atoms with van der Waals surface area (Å²) in [6.07, 6.45) is 0. The van der Waals surface area contributed by atoms with Crippen LogP contribution in [-0.4, -0.2) is 37.0 Å². The van der Waals surface area contributed by atoms with Crippen molar-refractivity contribution < 1.29 is 14.3 Å². The molecule has 2 rings (SSSR count). The number of nitrogens with one attached hydrogen (secondary N) is 1. The number of aryl methyl sites for hydroxylation is 1. The highest BCUT2D eigenvalue weighted by Crippen LogP contribution is 2.18. The van der Waals surface area contributed by atoms with Gasteiger partial charge in [0.05, 0.1) is 20.2 Å². The van der Waals surface area contributed by atoms with Gasteiger partial charge in [0.15, 0.2) is 0 Å². The van der Waals surface area contributed by atoms with E-state index in [4.69, 9.17) is 4.74 Å². The zero-order chi connectivity index (χ0) is 18.2. The summed E-state index contributed by atoms with van der Waals surface area (Å²) >= 11 is 0. The summed E-state index contributed by atoms with van der Waals surface area (Å²) in [4.78, 5) is 25.9. The second-order valence-corrected chi connectivity index (χ2v) is 6.00. The number of ether oxygens (including phenoxy) is 1. The molecule has 0 bridgehead atoms. The SMILES string of the molecule is COC(=O)CN(CC(=O)Nc1cccc(C)c1C)Cc1ccccc1.